The number of Topliss-reactive ketones (excluding diaryl/α,β-unsaturated/α-hetero) is 1. The van der Waals surface area contributed by atoms with E-state index in [1.165, 1.54) is 0 Å². The van der Waals surface area contributed by atoms with Crippen molar-refractivity contribution in [3.63, 3.8) is 0 Å². The topological polar surface area (TPSA) is 56.5 Å². The van der Waals surface area contributed by atoms with Crippen LogP contribution < -0.4 is 9.30 Å². The Morgan fingerprint density at radius 2 is 1.87 bits per heavy atom. The molecule has 0 radical (unpaired) electrons. The van der Waals surface area contributed by atoms with Crippen molar-refractivity contribution in [2.75, 3.05) is 13.7 Å². The number of methoxy groups -OCH3 is 1. The maximum atomic E-state index is 12.4. The van der Waals surface area contributed by atoms with E-state index in [0.29, 0.717) is 28.0 Å². The molecular formula is C17H17BrNO4+. The van der Waals surface area contributed by atoms with Crippen LogP contribution in [-0.2, 0) is 11.3 Å². The molecule has 1 aromatic heterocycles. The van der Waals surface area contributed by atoms with E-state index in [2.05, 4.69) is 15.9 Å². The Morgan fingerprint density at radius 1 is 1.17 bits per heavy atom. The van der Waals surface area contributed by atoms with Crippen molar-refractivity contribution < 1.29 is 23.6 Å². The fourth-order valence-electron chi connectivity index (χ4n) is 2.01. The third-order valence-corrected chi connectivity index (χ3v) is 3.86. The van der Waals surface area contributed by atoms with Gasteiger partial charge in [-0.25, -0.2) is 4.79 Å². The normalized spacial score (nSPS) is 10.2. The number of ether oxygens (including phenoxy) is 2. The van der Waals surface area contributed by atoms with Crippen LogP contribution in [0.1, 0.15) is 27.6 Å². The fourth-order valence-corrected chi connectivity index (χ4v) is 2.59. The van der Waals surface area contributed by atoms with E-state index >= 15 is 0 Å². The summed E-state index contributed by atoms with van der Waals surface area (Å²) in [7, 11) is 1.57. The molecule has 0 aliphatic heterocycles. The number of aromatic nitrogens is 1. The highest BCUT2D eigenvalue weighted by Crippen LogP contribution is 2.23. The van der Waals surface area contributed by atoms with Crippen LogP contribution in [0.15, 0.2) is 47.2 Å². The van der Waals surface area contributed by atoms with E-state index in [9.17, 15) is 9.59 Å². The molecule has 120 valence electrons. The lowest BCUT2D eigenvalue weighted by Crippen LogP contribution is -2.37. The Morgan fingerprint density at radius 3 is 2.43 bits per heavy atom. The summed E-state index contributed by atoms with van der Waals surface area (Å²) in [6.07, 6.45) is 3.36. The Hall–Kier alpha value is -2.21. The highest BCUT2D eigenvalue weighted by molar-refractivity contribution is 9.10. The molecule has 0 saturated carbocycles. The van der Waals surface area contributed by atoms with E-state index in [0.717, 1.165) is 0 Å². The van der Waals surface area contributed by atoms with Crippen LogP contribution in [0, 0.1) is 0 Å². The Kier molecular flexibility index (Phi) is 5.87. The predicted octanol–water partition coefficient (Wildman–Crippen LogP) is 2.80. The van der Waals surface area contributed by atoms with Gasteiger partial charge in [-0.05, 0) is 41.1 Å². The zero-order valence-corrected chi connectivity index (χ0v) is 14.5. The third kappa shape index (κ3) is 4.39. The largest absolute Gasteiger partial charge is 0.497 e. The predicted molar refractivity (Wildman–Crippen MR) is 87.6 cm³/mol. The molecule has 0 spiro atoms. The van der Waals surface area contributed by atoms with Gasteiger partial charge in [0.1, 0.15) is 5.75 Å². The monoisotopic (exact) mass is 378 g/mol. The van der Waals surface area contributed by atoms with Gasteiger partial charge in [-0.2, -0.15) is 4.57 Å². The molecule has 0 fully saturated rings. The Bertz CT molecular complexity index is 713. The lowest BCUT2D eigenvalue weighted by atomic mass is 10.1. The zero-order chi connectivity index (χ0) is 16.8. The van der Waals surface area contributed by atoms with Crippen molar-refractivity contribution in [3.8, 4) is 5.75 Å². The number of hydrogen-bond acceptors (Lipinski definition) is 4. The average Bonchev–Trinajstić information content (AvgIpc) is 2.55. The molecule has 0 unspecified atom stereocenters. The fraction of sp³-hybridized carbons (Fsp3) is 0.235. The summed E-state index contributed by atoms with van der Waals surface area (Å²) < 4.78 is 12.4. The van der Waals surface area contributed by atoms with Crippen molar-refractivity contribution in [1.29, 1.82) is 0 Å². The van der Waals surface area contributed by atoms with Gasteiger partial charge in [-0.1, -0.05) is 0 Å². The summed E-state index contributed by atoms with van der Waals surface area (Å²) in [4.78, 5) is 24.0. The lowest BCUT2D eigenvalue weighted by Gasteiger charge is -2.05. The molecule has 2 rings (SSSR count). The molecule has 2 aromatic rings. The first kappa shape index (κ1) is 17.1. The minimum Gasteiger partial charge on any atom is -0.497 e. The Balaban J connectivity index is 2.10. The van der Waals surface area contributed by atoms with Gasteiger partial charge in [-0.15, -0.1) is 0 Å². The van der Waals surface area contributed by atoms with Crippen LogP contribution in [0.2, 0.25) is 0 Å². The van der Waals surface area contributed by atoms with Gasteiger partial charge in [-0.3, -0.25) is 4.79 Å². The molecule has 0 aliphatic rings. The lowest BCUT2D eigenvalue weighted by molar-refractivity contribution is -0.683. The minimum absolute atomic E-state index is 0.0478. The van der Waals surface area contributed by atoms with Crippen LogP contribution >= 0.6 is 15.9 Å². The Labute approximate surface area is 143 Å². The maximum absolute atomic E-state index is 12.4. The number of carbonyl (C=O) groups is 2. The number of carbonyl (C=O) groups excluding carboxylic acids is 2. The van der Waals surface area contributed by atoms with Gasteiger partial charge < -0.3 is 9.47 Å². The molecule has 0 aliphatic carbocycles. The summed E-state index contributed by atoms with van der Waals surface area (Å²) in [6.45, 7) is 2.26. The van der Waals surface area contributed by atoms with Crippen LogP contribution in [-0.4, -0.2) is 25.5 Å². The quantitative estimate of drug-likeness (QED) is 0.440. The number of nitrogens with zero attached hydrogens (tertiary/aromatic N) is 1. The standard InChI is InChI=1S/C17H17BrNO4/c1-3-23-17(21)12-6-8-19(9-7-12)11-16(20)14-5-4-13(22-2)10-15(14)18/h4-10H,3,11H2,1-2H3/q+1. The van der Waals surface area contributed by atoms with Crippen LogP contribution in [0.4, 0.5) is 0 Å². The average molecular weight is 379 g/mol. The van der Waals surface area contributed by atoms with Crippen LogP contribution in [0.3, 0.4) is 0 Å². The van der Waals surface area contributed by atoms with Gasteiger partial charge in [0.05, 0.1) is 19.3 Å². The number of esters is 1. The maximum Gasteiger partial charge on any atom is 0.338 e. The molecule has 0 saturated heterocycles. The second-order valence-electron chi connectivity index (χ2n) is 4.75. The summed E-state index contributed by atoms with van der Waals surface area (Å²) in [5, 5.41) is 0. The minimum atomic E-state index is -0.371. The second-order valence-corrected chi connectivity index (χ2v) is 5.60. The van der Waals surface area contributed by atoms with E-state index in [4.69, 9.17) is 9.47 Å². The van der Waals surface area contributed by atoms with E-state index in [1.807, 2.05) is 0 Å². The summed E-state index contributed by atoms with van der Waals surface area (Å²) >= 11 is 3.38. The van der Waals surface area contributed by atoms with Gasteiger partial charge in [0.15, 0.2) is 12.4 Å². The van der Waals surface area contributed by atoms with Gasteiger partial charge in [0, 0.05) is 22.2 Å². The third-order valence-electron chi connectivity index (χ3n) is 3.21. The van der Waals surface area contributed by atoms with Crippen molar-refractivity contribution in [3.05, 3.63) is 58.3 Å². The summed E-state index contributed by atoms with van der Waals surface area (Å²) in [6, 6.07) is 8.48. The molecule has 0 N–H and O–H groups in total. The van der Waals surface area contributed by atoms with Crippen LogP contribution in [0.5, 0.6) is 5.75 Å². The molecule has 23 heavy (non-hydrogen) atoms. The van der Waals surface area contributed by atoms with Crippen molar-refractivity contribution in [1.82, 2.24) is 0 Å². The number of benzene rings is 1. The first-order valence-electron chi connectivity index (χ1n) is 7.08. The molecule has 1 aromatic carbocycles. The first-order valence-corrected chi connectivity index (χ1v) is 7.87. The van der Waals surface area contributed by atoms with Gasteiger partial charge in [0.25, 0.3) is 0 Å². The molecule has 1 heterocycles. The summed E-state index contributed by atoms with van der Waals surface area (Å²) in [5.41, 5.74) is 1.04. The molecular weight excluding hydrogens is 362 g/mol. The molecule has 0 bridgehead atoms. The highest BCUT2D eigenvalue weighted by Gasteiger charge is 2.16. The first-order chi connectivity index (χ1) is 11.0. The molecule has 5 nitrogen and oxygen atoms in total. The number of halogens is 1. The SMILES string of the molecule is CCOC(=O)c1cc[n+](CC(=O)c2ccc(OC)cc2Br)cc1. The van der Waals surface area contributed by atoms with Crippen molar-refractivity contribution in [2.24, 2.45) is 0 Å². The second kappa shape index (κ2) is 7.87. The smallest absolute Gasteiger partial charge is 0.338 e. The van der Waals surface area contributed by atoms with Crippen molar-refractivity contribution >= 4 is 27.7 Å². The van der Waals surface area contributed by atoms with E-state index in [1.54, 1.807) is 61.3 Å². The van der Waals surface area contributed by atoms with Gasteiger partial charge in [0.2, 0.25) is 12.3 Å². The number of ketones is 1. The molecule has 6 heteroatoms. The highest BCUT2D eigenvalue weighted by atomic mass is 79.9. The molecule has 0 atom stereocenters. The number of rotatable bonds is 6. The zero-order valence-electron chi connectivity index (χ0n) is 12.9. The van der Waals surface area contributed by atoms with Crippen LogP contribution in [0.25, 0.3) is 0 Å². The summed E-state index contributed by atoms with van der Waals surface area (Å²) in [5.74, 6) is 0.261. The van der Waals surface area contributed by atoms with E-state index in [-0.39, 0.29) is 18.3 Å². The van der Waals surface area contributed by atoms with Crippen molar-refractivity contribution in [2.45, 2.75) is 13.5 Å². The van der Waals surface area contributed by atoms with E-state index < -0.39 is 0 Å². The number of pyridine rings is 1. The number of hydrogen-bond donors (Lipinski definition) is 0. The van der Waals surface area contributed by atoms with Gasteiger partial charge >= 0.3 is 5.97 Å². The molecule has 0 amide bonds.